The third kappa shape index (κ3) is 7.97. The minimum atomic E-state index is -0.556. The second-order valence-corrected chi connectivity index (χ2v) is 10.2. The first-order valence-corrected chi connectivity index (χ1v) is 13.6. The fourth-order valence-electron chi connectivity index (χ4n) is 4.46. The van der Waals surface area contributed by atoms with Crippen molar-refractivity contribution in [3.8, 4) is 0 Å². The van der Waals surface area contributed by atoms with Crippen molar-refractivity contribution in [1.29, 1.82) is 0 Å². The summed E-state index contributed by atoms with van der Waals surface area (Å²) >= 11 is -0.556. The summed E-state index contributed by atoms with van der Waals surface area (Å²) in [6.45, 7) is 11.4. The van der Waals surface area contributed by atoms with E-state index in [9.17, 15) is 0 Å². The van der Waals surface area contributed by atoms with E-state index in [0.29, 0.717) is 12.1 Å². The predicted molar refractivity (Wildman–Crippen MR) is 100 cm³/mol. The number of nitrogens with zero attached hydrogens (tertiary/aromatic N) is 2. The van der Waals surface area contributed by atoms with Crippen LogP contribution in [-0.4, -0.2) is 25.2 Å². The van der Waals surface area contributed by atoms with Gasteiger partial charge in [-0.1, -0.05) is 89.9 Å². The molecule has 0 aromatic carbocycles. The summed E-state index contributed by atoms with van der Waals surface area (Å²) in [6.07, 6.45) is 8.27. The molecule has 0 aromatic rings. The molecule has 2 aliphatic carbocycles. The summed E-state index contributed by atoms with van der Waals surface area (Å²) in [5.74, 6) is 3.13. The van der Waals surface area contributed by atoms with Crippen molar-refractivity contribution >= 4 is 18.6 Å². The maximum absolute atomic E-state index is 4.99. The molecule has 4 atom stereocenters. The Labute approximate surface area is 160 Å². The van der Waals surface area contributed by atoms with Crippen molar-refractivity contribution in [2.75, 3.05) is 13.1 Å². The van der Waals surface area contributed by atoms with Gasteiger partial charge in [0.25, 0.3) is 0 Å². The summed E-state index contributed by atoms with van der Waals surface area (Å²) in [5.41, 5.74) is 0. The van der Waals surface area contributed by atoms with Crippen LogP contribution < -0.4 is 0 Å². The van der Waals surface area contributed by atoms with Crippen LogP contribution in [0.2, 0.25) is 0 Å². The number of hydrogen-bond donors (Lipinski definition) is 0. The first kappa shape index (κ1) is 22.3. The van der Waals surface area contributed by atoms with Gasteiger partial charge in [0.2, 0.25) is 0 Å². The molecule has 0 amide bonds. The van der Waals surface area contributed by atoms with E-state index in [1.54, 1.807) is 0 Å². The van der Waals surface area contributed by atoms with Crippen LogP contribution in [0.25, 0.3) is 10.6 Å². The summed E-state index contributed by atoms with van der Waals surface area (Å²) in [6, 6.07) is 1.19. The van der Waals surface area contributed by atoms with Crippen molar-refractivity contribution in [2.24, 2.45) is 23.7 Å². The van der Waals surface area contributed by atoms with Crippen molar-refractivity contribution < 1.29 is 17.0 Å². The van der Waals surface area contributed by atoms with Crippen LogP contribution in [-0.2, 0) is 17.0 Å². The zero-order chi connectivity index (χ0) is 17.2. The van der Waals surface area contributed by atoms with Gasteiger partial charge in [0.05, 0.1) is 0 Å². The monoisotopic (exact) mass is 396 g/mol. The van der Waals surface area contributed by atoms with Gasteiger partial charge in [0, 0.05) is 0 Å². The molecule has 0 spiro atoms. The Kier molecular flexibility index (Phi) is 12.1. The van der Waals surface area contributed by atoms with Crippen LogP contribution in [0.3, 0.4) is 0 Å². The molecule has 2 aliphatic rings. The van der Waals surface area contributed by atoms with E-state index in [4.69, 9.17) is 29.2 Å². The molecule has 4 unspecified atom stereocenters. The fourth-order valence-corrected chi connectivity index (χ4v) is 4.46. The fraction of sp³-hybridized carbons (Fsp3) is 1.00. The second kappa shape index (κ2) is 12.5. The summed E-state index contributed by atoms with van der Waals surface area (Å²) in [5, 5.41) is 9.97. The molecular weight excluding hydrogens is 363 g/mol. The van der Waals surface area contributed by atoms with Gasteiger partial charge in [-0.2, -0.15) is 13.1 Å². The molecular formula is C18H34Cl2N2Ti-2. The average Bonchev–Trinajstić information content (AvgIpc) is 2.49. The summed E-state index contributed by atoms with van der Waals surface area (Å²) in [7, 11) is 9.78. The Hall–Kier alpha value is 1.21. The molecule has 2 fully saturated rings. The molecule has 0 aliphatic heterocycles. The number of halogens is 2. The van der Waals surface area contributed by atoms with E-state index in [0.717, 1.165) is 36.8 Å². The molecule has 0 aromatic heterocycles. The van der Waals surface area contributed by atoms with Gasteiger partial charge in [-0.25, -0.2) is 0 Å². The van der Waals surface area contributed by atoms with Gasteiger partial charge in [-0.3, -0.25) is 0 Å². The van der Waals surface area contributed by atoms with Crippen LogP contribution in [0.5, 0.6) is 0 Å². The molecule has 2 rings (SSSR count). The van der Waals surface area contributed by atoms with Crippen molar-refractivity contribution in [2.45, 2.75) is 78.3 Å². The van der Waals surface area contributed by atoms with Crippen molar-refractivity contribution in [3.63, 3.8) is 0 Å². The van der Waals surface area contributed by atoms with Gasteiger partial charge >= 0.3 is 35.6 Å². The van der Waals surface area contributed by atoms with Crippen molar-refractivity contribution in [3.05, 3.63) is 10.6 Å². The Balaban J connectivity index is 0.000000816. The Morgan fingerprint density at radius 1 is 0.696 bits per heavy atom. The van der Waals surface area contributed by atoms with E-state index >= 15 is 0 Å². The molecule has 0 heterocycles. The maximum atomic E-state index is 4.99. The van der Waals surface area contributed by atoms with E-state index < -0.39 is 17.0 Å². The van der Waals surface area contributed by atoms with Crippen LogP contribution in [0.4, 0.5) is 0 Å². The zero-order valence-electron chi connectivity index (χ0n) is 15.3. The average molecular weight is 397 g/mol. The topological polar surface area (TPSA) is 28.2 Å². The Morgan fingerprint density at radius 2 is 0.957 bits per heavy atom. The van der Waals surface area contributed by atoms with Crippen LogP contribution in [0.1, 0.15) is 66.2 Å². The Morgan fingerprint density at radius 3 is 1.22 bits per heavy atom. The molecule has 0 N–H and O–H groups in total. The van der Waals surface area contributed by atoms with E-state index in [1.165, 1.54) is 38.5 Å². The molecule has 23 heavy (non-hydrogen) atoms. The third-order valence-corrected chi connectivity index (χ3v) is 5.75. The van der Waals surface area contributed by atoms with Gasteiger partial charge in [0.15, 0.2) is 0 Å². The SMILES string of the molecule is CC1CCCC(C)C1[N-]CC[N-]C1C(C)CCCC1C.[Cl][Ti][Cl]. The summed E-state index contributed by atoms with van der Waals surface area (Å²) in [4.78, 5) is 0. The summed E-state index contributed by atoms with van der Waals surface area (Å²) < 4.78 is 0. The van der Waals surface area contributed by atoms with E-state index in [2.05, 4.69) is 27.7 Å². The predicted octanol–water partition coefficient (Wildman–Crippen LogP) is 6.76. The van der Waals surface area contributed by atoms with Crippen molar-refractivity contribution in [1.82, 2.24) is 0 Å². The first-order chi connectivity index (χ1) is 11.0. The standard InChI is InChI=1S/C18H34N2.2ClH.Ti/c1-13-7-5-8-14(2)17(13)19-11-12-20-18-15(3)9-6-10-16(18)4;;;/h13-18H,5-12H2,1-4H3;2*1H;/q-2;;;+2/p-2. The Bertz CT molecular complexity index is 259. The minimum absolute atomic E-state index is 0.556. The molecule has 0 radical (unpaired) electrons. The molecule has 5 heteroatoms. The second-order valence-electron chi connectivity index (χ2n) is 7.64. The number of hydrogen-bond acceptors (Lipinski definition) is 0. The normalized spacial score (nSPS) is 37.7. The third-order valence-electron chi connectivity index (χ3n) is 5.75. The van der Waals surface area contributed by atoms with Gasteiger partial charge in [-0.15, -0.1) is 12.1 Å². The molecule has 136 valence electrons. The zero-order valence-corrected chi connectivity index (χ0v) is 18.3. The quantitative estimate of drug-likeness (QED) is 0.362. The molecule has 0 saturated heterocycles. The molecule has 2 saturated carbocycles. The number of rotatable bonds is 5. The first-order valence-electron chi connectivity index (χ1n) is 9.30. The van der Waals surface area contributed by atoms with Gasteiger partial charge < -0.3 is 10.6 Å². The van der Waals surface area contributed by atoms with Gasteiger partial charge in [-0.05, 0) is 0 Å². The van der Waals surface area contributed by atoms with Crippen LogP contribution in [0.15, 0.2) is 0 Å². The molecule has 0 bridgehead atoms. The van der Waals surface area contributed by atoms with Crippen LogP contribution in [0, 0.1) is 23.7 Å². The van der Waals surface area contributed by atoms with Crippen LogP contribution >= 0.6 is 18.6 Å². The van der Waals surface area contributed by atoms with E-state index in [1.807, 2.05) is 0 Å². The van der Waals surface area contributed by atoms with Gasteiger partial charge in [0.1, 0.15) is 0 Å². The van der Waals surface area contributed by atoms with E-state index in [-0.39, 0.29) is 0 Å². The molecule has 2 nitrogen and oxygen atoms in total.